The van der Waals surface area contributed by atoms with E-state index in [1.807, 2.05) is 0 Å². The van der Waals surface area contributed by atoms with Gasteiger partial charge in [0.2, 0.25) is 0 Å². The zero-order valence-electron chi connectivity index (χ0n) is 16.7. The lowest BCUT2D eigenvalue weighted by molar-refractivity contribution is 1.03. The van der Waals surface area contributed by atoms with Gasteiger partial charge in [-0.1, -0.05) is 41.5 Å². The van der Waals surface area contributed by atoms with Gasteiger partial charge in [0.25, 0.3) is 0 Å². The molecule has 0 fully saturated rings. The summed E-state index contributed by atoms with van der Waals surface area (Å²) in [6.45, 7) is 14.3. The smallest absolute Gasteiger partial charge is 0.183 e. The van der Waals surface area contributed by atoms with Gasteiger partial charge in [0.15, 0.2) is 5.65 Å². The quantitative estimate of drug-likeness (QED) is 0.561. The van der Waals surface area contributed by atoms with E-state index in [9.17, 15) is 0 Å². The maximum Gasteiger partial charge on any atom is 0.183 e. The molecule has 2 rings (SSSR count). The molecule has 0 saturated carbocycles. The van der Waals surface area contributed by atoms with Crippen LogP contribution in [-0.4, -0.2) is 36.4 Å². The van der Waals surface area contributed by atoms with Gasteiger partial charge >= 0.3 is 0 Å². The van der Waals surface area contributed by atoms with Gasteiger partial charge in [0.1, 0.15) is 34.1 Å². The highest BCUT2D eigenvalue weighted by Gasteiger charge is 2.47. The van der Waals surface area contributed by atoms with E-state index < -0.39 is 16.5 Å². The van der Waals surface area contributed by atoms with Crippen LogP contribution in [-0.2, 0) is 0 Å². The molecule has 0 radical (unpaired) electrons. The highest BCUT2D eigenvalue weighted by molar-refractivity contribution is 7.02. The molecular weight excluding hydrogens is 342 g/mol. The second-order valence-corrected chi connectivity index (χ2v) is 17.3. The average molecular weight is 376 g/mol. The predicted molar refractivity (Wildman–Crippen MR) is 112 cm³/mol. The number of fused-ring (bicyclic) bond motifs is 1. The summed E-state index contributed by atoms with van der Waals surface area (Å²) in [5.41, 5.74) is 1.60. The molecule has 25 heavy (non-hydrogen) atoms. The highest BCUT2D eigenvalue weighted by Crippen LogP contribution is 2.40. The maximum atomic E-state index is 4.81. The first kappa shape index (κ1) is 20.0. The molecule has 0 spiro atoms. The van der Waals surface area contributed by atoms with Crippen molar-refractivity contribution in [2.45, 2.75) is 77.8 Å². The standard InChI is InChI=1S/C18H33N5Si2/c1-7-24(8-2,9-3)23(25(10-4,11-5)12-6)18-16-17(21-15-22-18)20-14-13-19-16/h13-15H,7-12H2,1-6H3. The molecule has 0 atom stereocenters. The van der Waals surface area contributed by atoms with Crippen LogP contribution in [0.25, 0.3) is 11.2 Å². The molecule has 7 heteroatoms. The third-order valence-electron chi connectivity index (χ3n) is 6.36. The Hall–Kier alpha value is -1.35. The Morgan fingerprint density at radius 2 is 1.16 bits per heavy atom. The van der Waals surface area contributed by atoms with E-state index in [0.29, 0.717) is 0 Å². The molecule has 0 N–H and O–H groups in total. The van der Waals surface area contributed by atoms with Crippen LogP contribution in [0.4, 0.5) is 5.82 Å². The fourth-order valence-corrected chi connectivity index (χ4v) is 17.3. The summed E-state index contributed by atoms with van der Waals surface area (Å²) < 4.78 is 2.87. The summed E-state index contributed by atoms with van der Waals surface area (Å²) in [6, 6.07) is 7.50. The minimum atomic E-state index is -1.67. The fraction of sp³-hybridized carbons (Fsp3) is 0.667. The van der Waals surface area contributed by atoms with Crippen molar-refractivity contribution in [1.82, 2.24) is 19.9 Å². The number of rotatable bonds is 9. The molecule has 2 heterocycles. The minimum absolute atomic E-state index is 0.718. The monoisotopic (exact) mass is 375 g/mol. The second kappa shape index (κ2) is 8.36. The Bertz CT molecular complexity index is 644. The lowest BCUT2D eigenvalue weighted by Gasteiger charge is -2.53. The molecule has 0 aliphatic heterocycles. The summed E-state index contributed by atoms with van der Waals surface area (Å²) in [5, 5.41) is 0. The SMILES string of the molecule is CC[Si](CC)(CC)N(c1ncnc2nccnc12)[Si](CC)(CC)CC. The molecule has 0 aromatic carbocycles. The normalized spacial score (nSPS) is 12.6. The average Bonchev–Trinajstić information content (AvgIpc) is 2.69. The molecule has 2 aromatic heterocycles. The molecule has 0 aliphatic rings. The largest absolute Gasteiger partial charge is 0.406 e. The zero-order valence-corrected chi connectivity index (χ0v) is 18.7. The molecule has 5 nitrogen and oxygen atoms in total. The zero-order chi connectivity index (χ0) is 18.5. The highest BCUT2D eigenvalue weighted by atomic mass is 28.4. The van der Waals surface area contributed by atoms with Crippen LogP contribution in [0.5, 0.6) is 0 Å². The first-order valence-electron chi connectivity index (χ1n) is 9.80. The summed E-state index contributed by atoms with van der Waals surface area (Å²) in [7, 11) is -3.33. The van der Waals surface area contributed by atoms with Crippen molar-refractivity contribution < 1.29 is 0 Å². The maximum absolute atomic E-state index is 4.81. The van der Waals surface area contributed by atoms with Crippen LogP contribution in [0.1, 0.15) is 41.5 Å². The van der Waals surface area contributed by atoms with Crippen LogP contribution in [0.2, 0.25) is 36.3 Å². The minimum Gasteiger partial charge on any atom is -0.406 e. The summed E-state index contributed by atoms with van der Waals surface area (Å²) in [4.78, 5) is 18.3. The molecule has 0 aliphatic carbocycles. The molecule has 0 amide bonds. The molecule has 138 valence electrons. The first-order chi connectivity index (χ1) is 12.1. The first-order valence-corrected chi connectivity index (χ1v) is 14.9. The van der Waals surface area contributed by atoms with Crippen LogP contribution in [0.15, 0.2) is 18.7 Å². The van der Waals surface area contributed by atoms with Crippen molar-refractivity contribution in [2.75, 3.05) is 4.23 Å². The Balaban J connectivity index is 2.82. The Morgan fingerprint density at radius 1 is 0.680 bits per heavy atom. The molecule has 0 saturated heterocycles. The fourth-order valence-electron chi connectivity index (χ4n) is 4.35. The molecular formula is C18H33N5Si2. The van der Waals surface area contributed by atoms with E-state index in [0.717, 1.165) is 17.0 Å². The van der Waals surface area contributed by atoms with Gasteiger partial charge in [-0.25, -0.2) is 19.9 Å². The number of aromatic nitrogens is 4. The predicted octanol–water partition coefficient (Wildman–Crippen LogP) is 5.24. The van der Waals surface area contributed by atoms with Crippen molar-refractivity contribution in [1.29, 1.82) is 0 Å². The van der Waals surface area contributed by atoms with E-state index >= 15 is 0 Å². The Labute approximate surface area is 154 Å². The van der Waals surface area contributed by atoms with Crippen molar-refractivity contribution >= 4 is 33.5 Å². The van der Waals surface area contributed by atoms with E-state index in [4.69, 9.17) is 4.98 Å². The molecule has 2 aromatic rings. The number of hydrogen-bond acceptors (Lipinski definition) is 5. The summed E-state index contributed by atoms with van der Waals surface area (Å²) >= 11 is 0. The van der Waals surface area contributed by atoms with Gasteiger partial charge in [-0.15, -0.1) is 0 Å². The summed E-state index contributed by atoms with van der Waals surface area (Å²) in [5.74, 6) is 1.06. The van der Waals surface area contributed by atoms with Gasteiger partial charge in [-0.05, 0) is 36.3 Å². The van der Waals surface area contributed by atoms with E-state index in [-0.39, 0.29) is 0 Å². The second-order valence-electron chi connectivity index (χ2n) is 6.83. The van der Waals surface area contributed by atoms with Crippen LogP contribution < -0.4 is 4.23 Å². The van der Waals surface area contributed by atoms with Crippen molar-refractivity contribution in [2.24, 2.45) is 0 Å². The number of hydrogen-bond donors (Lipinski definition) is 0. The Kier molecular flexibility index (Phi) is 6.68. The Morgan fingerprint density at radius 3 is 1.64 bits per heavy atom. The van der Waals surface area contributed by atoms with Crippen molar-refractivity contribution in [3.8, 4) is 0 Å². The van der Waals surface area contributed by atoms with Crippen LogP contribution in [0, 0.1) is 0 Å². The molecule has 0 unspecified atom stereocenters. The van der Waals surface area contributed by atoms with Gasteiger partial charge < -0.3 is 4.23 Å². The van der Waals surface area contributed by atoms with Crippen LogP contribution in [0.3, 0.4) is 0 Å². The topological polar surface area (TPSA) is 54.8 Å². The summed E-state index contributed by atoms with van der Waals surface area (Å²) in [6.07, 6.45) is 5.17. The third kappa shape index (κ3) is 3.36. The van der Waals surface area contributed by atoms with Crippen LogP contribution >= 0.6 is 0 Å². The van der Waals surface area contributed by atoms with Gasteiger partial charge in [-0.3, -0.25) is 0 Å². The lowest BCUT2D eigenvalue weighted by atomic mass is 10.5. The van der Waals surface area contributed by atoms with E-state index in [1.54, 1.807) is 18.7 Å². The van der Waals surface area contributed by atoms with Crippen molar-refractivity contribution in [3.05, 3.63) is 18.7 Å². The van der Waals surface area contributed by atoms with Gasteiger partial charge in [0, 0.05) is 12.4 Å². The molecule has 0 bridgehead atoms. The third-order valence-corrected chi connectivity index (χ3v) is 19.4. The van der Waals surface area contributed by atoms with E-state index in [2.05, 4.69) is 60.7 Å². The van der Waals surface area contributed by atoms with Gasteiger partial charge in [-0.2, -0.15) is 0 Å². The van der Waals surface area contributed by atoms with Crippen molar-refractivity contribution in [3.63, 3.8) is 0 Å². The van der Waals surface area contributed by atoms with E-state index in [1.165, 1.54) is 36.3 Å². The van der Waals surface area contributed by atoms with Gasteiger partial charge in [0.05, 0.1) is 0 Å². The lowest BCUT2D eigenvalue weighted by Crippen LogP contribution is -2.66. The number of anilines is 1. The number of nitrogens with zero attached hydrogens (tertiary/aromatic N) is 5.